The van der Waals surface area contributed by atoms with Gasteiger partial charge in [-0.05, 0) is 18.2 Å². The van der Waals surface area contributed by atoms with Crippen LogP contribution < -0.4 is 4.90 Å². The van der Waals surface area contributed by atoms with Crippen molar-refractivity contribution in [3.05, 3.63) is 29.3 Å². The highest BCUT2D eigenvalue weighted by molar-refractivity contribution is 5.90. The number of nitrogens with zero attached hydrogens (tertiary/aromatic N) is 2. The lowest BCUT2D eigenvalue weighted by atomic mass is 10.1. The average Bonchev–Trinajstić information content (AvgIpc) is 2.76. The van der Waals surface area contributed by atoms with Crippen molar-refractivity contribution < 1.29 is 35.9 Å². The molecule has 1 unspecified atom stereocenters. The minimum absolute atomic E-state index is 0.409. The third kappa shape index (κ3) is 3.67. The highest BCUT2D eigenvalue weighted by Gasteiger charge is 2.43. The Labute approximate surface area is 125 Å². The van der Waals surface area contributed by atoms with Crippen molar-refractivity contribution in [2.24, 2.45) is 0 Å². The molecule has 0 N–H and O–H groups in total. The van der Waals surface area contributed by atoms with Crippen LogP contribution in [0.2, 0.25) is 0 Å². The second-order valence-electron chi connectivity index (χ2n) is 4.76. The number of benzene rings is 1. The molecule has 1 aliphatic heterocycles. The van der Waals surface area contributed by atoms with Crippen LogP contribution in [0.1, 0.15) is 17.5 Å². The first-order valence-corrected chi connectivity index (χ1v) is 6.17. The van der Waals surface area contributed by atoms with Crippen molar-refractivity contribution in [3.63, 3.8) is 0 Å². The summed E-state index contributed by atoms with van der Waals surface area (Å²) in [4.78, 5) is 12.1. The van der Waals surface area contributed by atoms with Gasteiger partial charge in [0, 0.05) is 5.69 Å². The van der Waals surface area contributed by atoms with Gasteiger partial charge < -0.3 is 4.74 Å². The van der Waals surface area contributed by atoms with Crippen molar-refractivity contribution in [2.75, 3.05) is 11.5 Å². The fourth-order valence-electron chi connectivity index (χ4n) is 2.21. The van der Waals surface area contributed by atoms with E-state index in [0.717, 1.165) is 12.1 Å². The van der Waals surface area contributed by atoms with Crippen molar-refractivity contribution >= 4 is 11.8 Å². The molecule has 0 bridgehead atoms. The SMILES string of the molecule is N#Cc1ccc(N2C(=O)OCC2CC(F)(F)F)cc1C(F)(F)F. The van der Waals surface area contributed by atoms with Crippen molar-refractivity contribution in [1.82, 2.24) is 0 Å². The summed E-state index contributed by atoms with van der Waals surface area (Å²) >= 11 is 0. The van der Waals surface area contributed by atoms with E-state index in [-0.39, 0.29) is 0 Å². The zero-order valence-electron chi connectivity index (χ0n) is 11.2. The number of cyclic esters (lactones) is 1. The van der Waals surface area contributed by atoms with Crippen molar-refractivity contribution in [2.45, 2.75) is 24.8 Å². The predicted molar refractivity (Wildman–Crippen MR) is 64.4 cm³/mol. The molecular weight excluding hydrogens is 330 g/mol. The largest absolute Gasteiger partial charge is 0.447 e. The number of rotatable bonds is 2. The van der Waals surface area contributed by atoms with Gasteiger partial charge in [-0.1, -0.05) is 0 Å². The van der Waals surface area contributed by atoms with Gasteiger partial charge in [-0.3, -0.25) is 4.90 Å². The molecule has 1 aliphatic rings. The molecule has 1 amide bonds. The summed E-state index contributed by atoms with van der Waals surface area (Å²) < 4.78 is 80.7. The lowest BCUT2D eigenvalue weighted by Gasteiger charge is -2.23. The number of anilines is 1. The maximum Gasteiger partial charge on any atom is 0.417 e. The van der Waals surface area contributed by atoms with Crippen LogP contribution in [0.5, 0.6) is 0 Å². The molecule has 23 heavy (non-hydrogen) atoms. The second kappa shape index (κ2) is 5.64. The maximum atomic E-state index is 12.9. The van der Waals surface area contributed by atoms with Crippen molar-refractivity contribution in [1.29, 1.82) is 5.26 Å². The molecular formula is C13H8F6N2O2. The predicted octanol–water partition coefficient (Wildman–Crippen LogP) is 3.85. The number of carbonyl (C=O) groups excluding carboxylic acids is 1. The Kier molecular flexibility index (Phi) is 4.15. The molecule has 0 saturated carbocycles. The van der Waals surface area contributed by atoms with Gasteiger partial charge in [0.1, 0.15) is 6.61 Å². The monoisotopic (exact) mass is 338 g/mol. The minimum Gasteiger partial charge on any atom is -0.447 e. The quantitative estimate of drug-likeness (QED) is 0.770. The standard InChI is InChI=1S/C13H8F6N2O2/c14-12(15,16)4-9-6-23-11(22)21(9)8-2-1-7(5-20)10(3-8)13(17,18)19/h1-3,9H,4,6H2. The lowest BCUT2D eigenvalue weighted by molar-refractivity contribution is -0.139. The zero-order chi connectivity index (χ0) is 17.4. The summed E-state index contributed by atoms with van der Waals surface area (Å²) in [5.74, 6) is 0. The molecule has 124 valence electrons. The lowest BCUT2D eigenvalue weighted by Crippen LogP contribution is -2.37. The number of alkyl halides is 6. The number of nitriles is 1. The fraction of sp³-hybridized carbons (Fsp3) is 0.385. The fourth-order valence-corrected chi connectivity index (χ4v) is 2.21. The number of amides is 1. The Morgan fingerprint density at radius 2 is 1.91 bits per heavy atom. The maximum absolute atomic E-state index is 12.9. The summed E-state index contributed by atoms with van der Waals surface area (Å²) in [5, 5.41) is 8.69. The Hall–Kier alpha value is -2.44. The molecule has 1 fully saturated rings. The summed E-state index contributed by atoms with van der Waals surface area (Å²) in [6, 6.07) is 2.13. The van der Waals surface area contributed by atoms with E-state index in [1.165, 1.54) is 6.07 Å². The van der Waals surface area contributed by atoms with E-state index in [1.54, 1.807) is 0 Å². The number of hydrogen-bond donors (Lipinski definition) is 0. The van der Waals surface area contributed by atoms with E-state index in [2.05, 4.69) is 4.74 Å². The van der Waals surface area contributed by atoms with Crippen molar-refractivity contribution in [3.8, 4) is 6.07 Å². The van der Waals surface area contributed by atoms with Gasteiger partial charge in [0.05, 0.1) is 29.7 Å². The van der Waals surface area contributed by atoms with E-state index in [1.807, 2.05) is 0 Å². The molecule has 0 radical (unpaired) electrons. The van der Waals surface area contributed by atoms with Crippen LogP contribution in [0, 0.1) is 11.3 Å². The van der Waals surface area contributed by atoms with Crippen LogP contribution >= 0.6 is 0 Å². The summed E-state index contributed by atoms with van der Waals surface area (Å²) in [5.41, 5.74) is -2.43. The van der Waals surface area contributed by atoms with Gasteiger partial charge in [-0.15, -0.1) is 0 Å². The number of hydrogen-bond acceptors (Lipinski definition) is 3. The van der Waals surface area contributed by atoms with Gasteiger partial charge in [0.2, 0.25) is 0 Å². The molecule has 1 saturated heterocycles. The summed E-state index contributed by atoms with van der Waals surface area (Å²) in [6.07, 6.45) is -12.1. The molecule has 0 spiro atoms. The first-order valence-electron chi connectivity index (χ1n) is 6.17. The summed E-state index contributed by atoms with van der Waals surface area (Å²) in [6.45, 7) is -0.584. The molecule has 1 aromatic rings. The van der Waals surface area contributed by atoms with E-state index >= 15 is 0 Å². The zero-order valence-corrected chi connectivity index (χ0v) is 11.2. The normalized spacial score (nSPS) is 18.7. The highest BCUT2D eigenvalue weighted by Crippen LogP contribution is 2.37. The Morgan fingerprint density at radius 1 is 1.26 bits per heavy atom. The molecule has 1 aromatic carbocycles. The third-order valence-corrected chi connectivity index (χ3v) is 3.14. The van der Waals surface area contributed by atoms with Crippen LogP contribution in [0.3, 0.4) is 0 Å². The second-order valence-corrected chi connectivity index (χ2v) is 4.76. The van der Waals surface area contributed by atoms with Gasteiger partial charge in [-0.25, -0.2) is 4.79 Å². The Morgan fingerprint density at radius 3 is 2.43 bits per heavy atom. The van der Waals surface area contributed by atoms with Gasteiger partial charge in [-0.2, -0.15) is 31.6 Å². The Bertz CT molecular complexity index is 662. The van der Waals surface area contributed by atoms with Crippen LogP contribution in [-0.4, -0.2) is 24.9 Å². The molecule has 4 nitrogen and oxygen atoms in total. The smallest absolute Gasteiger partial charge is 0.417 e. The highest BCUT2D eigenvalue weighted by atomic mass is 19.4. The Balaban J connectivity index is 2.44. The van der Waals surface area contributed by atoms with Gasteiger partial charge in [0.15, 0.2) is 0 Å². The van der Waals surface area contributed by atoms with E-state index in [4.69, 9.17) is 5.26 Å². The number of ether oxygens (including phenoxy) is 1. The number of carbonyl (C=O) groups is 1. The molecule has 0 aliphatic carbocycles. The van der Waals surface area contributed by atoms with Gasteiger partial charge in [0.25, 0.3) is 0 Å². The molecule has 1 heterocycles. The van der Waals surface area contributed by atoms with E-state index < -0.39 is 54.3 Å². The summed E-state index contributed by atoms with van der Waals surface area (Å²) in [7, 11) is 0. The van der Waals surface area contributed by atoms with E-state index in [0.29, 0.717) is 11.0 Å². The average molecular weight is 338 g/mol. The first-order chi connectivity index (χ1) is 10.5. The molecule has 0 aromatic heterocycles. The molecule has 2 rings (SSSR count). The topological polar surface area (TPSA) is 53.3 Å². The third-order valence-electron chi connectivity index (χ3n) is 3.14. The van der Waals surface area contributed by atoms with Gasteiger partial charge >= 0.3 is 18.4 Å². The van der Waals surface area contributed by atoms with Crippen LogP contribution in [0.15, 0.2) is 18.2 Å². The van der Waals surface area contributed by atoms with Crippen LogP contribution in [-0.2, 0) is 10.9 Å². The number of halogens is 6. The van der Waals surface area contributed by atoms with E-state index in [9.17, 15) is 31.1 Å². The molecule has 10 heteroatoms. The minimum atomic E-state index is -4.88. The van der Waals surface area contributed by atoms with Crippen LogP contribution in [0.25, 0.3) is 0 Å². The van der Waals surface area contributed by atoms with Crippen LogP contribution in [0.4, 0.5) is 36.8 Å². The first kappa shape index (κ1) is 16.9. The molecule has 1 atom stereocenters.